The summed E-state index contributed by atoms with van der Waals surface area (Å²) in [6.45, 7) is 0.319. The molecule has 9 nitrogen and oxygen atoms in total. The van der Waals surface area contributed by atoms with E-state index in [0.717, 1.165) is 14.7 Å². The van der Waals surface area contributed by atoms with Gasteiger partial charge in [-0.25, -0.2) is 10.5 Å². The predicted molar refractivity (Wildman–Crippen MR) is 117 cm³/mol. The van der Waals surface area contributed by atoms with Gasteiger partial charge in [0.2, 0.25) is 4.77 Å². The summed E-state index contributed by atoms with van der Waals surface area (Å²) in [6, 6.07) is 15.0. The molecular weight excluding hydrogens is 458 g/mol. The van der Waals surface area contributed by atoms with Crippen LogP contribution >= 0.6 is 28.1 Å². The minimum absolute atomic E-state index is 0.121. The zero-order valence-electron chi connectivity index (χ0n) is 15.1. The average molecular weight is 476 g/mol. The van der Waals surface area contributed by atoms with E-state index in [1.807, 2.05) is 42.5 Å². The molecule has 3 aromatic rings. The van der Waals surface area contributed by atoms with E-state index >= 15 is 0 Å². The van der Waals surface area contributed by atoms with Gasteiger partial charge in [-0.15, -0.1) is 5.10 Å². The number of benzene rings is 2. The molecule has 0 fully saturated rings. The van der Waals surface area contributed by atoms with Crippen LogP contribution in [0.25, 0.3) is 0 Å². The summed E-state index contributed by atoms with van der Waals surface area (Å²) in [6.07, 6.45) is 1.53. The Morgan fingerprint density at radius 2 is 2.14 bits per heavy atom. The number of nitrogens with one attached hydrogen (secondary N) is 3. The molecule has 0 aliphatic rings. The Labute approximate surface area is 180 Å². The molecule has 0 saturated heterocycles. The Balaban J connectivity index is 1.59. The number of nitrogens with two attached hydrogens (primary N) is 1. The molecule has 0 aliphatic carbocycles. The van der Waals surface area contributed by atoms with E-state index in [9.17, 15) is 4.79 Å². The number of aromatic nitrogens is 3. The number of halogens is 1. The molecule has 0 bridgehead atoms. The van der Waals surface area contributed by atoms with Crippen molar-refractivity contribution in [2.45, 2.75) is 6.54 Å². The van der Waals surface area contributed by atoms with E-state index < -0.39 is 0 Å². The third kappa shape index (κ3) is 5.90. The number of amides is 1. The number of H-pyrrole nitrogens is 1. The smallest absolute Gasteiger partial charge is 0.262 e. The summed E-state index contributed by atoms with van der Waals surface area (Å²) in [5, 5.41) is 13.3. The van der Waals surface area contributed by atoms with Crippen LogP contribution in [-0.2, 0) is 11.3 Å². The first-order valence-corrected chi connectivity index (χ1v) is 9.67. The van der Waals surface area contributed by atoms with Gasteiger partial charge in [0.25, 0.3) is 11.9 Å². The summed E-state index contributed by atoms with van der Waals surface area (Å²) in [5.74, 6) is 6.22. The molecule has 29 heavy (non-hydrogen) atoms. The van der Waals surface area contributed by atoms with Gasteiger partial charge in [0.15, 0.2) is 6.61 Å². The molecule has 1 heterocycles. The van der Waals surface area contributed by atoms with Crippen LogP contribution in [0.3, 0.4) is 0 Å². The molecule has 1 amide bonds. The fourth-order valence-corrected chi connectivity index (χ4v) is 2.80. The number of anilines is 1. The van der Waals surface area contributed by atoms with Gasteiger partial charge in [-0.2, -0.15) is 9.78 Å². The van der Waals surface area contributed by atoms with Crippen molar-refractivity contribution in [3.8, 4) is 5.75 Å². The van der Waals surface area contributed by atoms with Crippen molar-refractivity contribution in [1.29, 1.82) is 0 Å². The van der Waals surface area contributed by atoms with Crippen molar-refractivity contribution < 1.29 is 9.53 Å². The first-order valence-electron chi connectivity index (χ1n) is 8.47. The van der Waals surface area contributed by atoms with Gasteiger partial charge in [-0.3, -0.25) is 4.79 Å². The number of nitrogen functional groups attached to an aromatic ring is 1. The molecule has 0 spiro atoms. The molecule has 11 heteroatoms. The van der Waals surface area contributed by atoms with Crippen molar-refractivity contribution in [3.05, 3.63) is 68.9 Å². The van der Waals surface area contributed by atoms with Gasteiger partial charge in [0.1, 0.15) is 5.75 Å². The quantitative estimate of drug-likeness (QED) is 0.172. The van der Waals surface area contributed by atoms with Crippen LogP contribution in [-0.4, -0.2) is 33.6 Å². The van der Waals surface area contributed by atoms with Crippen LogP contribution in [0.4, 0.5) is 5.95 Å². The maximum atomic E-state index is 12.1. The number of hydrogen-bond donors (Lipinski definition) is 4. The SMILES string of the molecule is Nn1c(N/N=C/c2cc(Br)ccc2OCC(=O)NCc2ccccc2)n[nH]c1=S. The van der Waals surface area contributed by atoms with Gasteiger partial charge in [-0.05, 0) is 36.0 Å². The average Bonchev–Trinajstić information content (AvgIpc) is 3.04. The highest BCUT2D eigenvalue weighted by molar-refractivity contribution is 9.10. The van der Waals surface area contributed by atoms with E-state index in [2.05, 4.69) is 42.0 Å². The lowest BCUT2D eigenvalue weighted by Gasteiger charge is -2.10. The molecule has 0 unspecified atom stereocenters. The number of nitrogens with zero attached hydrogens (tertiary/aromatic N) is 3. The van der Waals surface area contributed by atoms with Crippen LogP contribution in [0.1, 0.15) is 11.1 Å². The second kappa shape index (κ2) is 9.85. The first-order chi connectivity index (χ1) is 14.0. The number of carbonyl (C=O) groups excluding carboxylic acids is 1. The van der Waals surface area contributed by atoms with Gasteiger partial charge < -0.3 is 15.9 Å². The third-order valence-corrected chi connectivity index (χ3v) is 4.52. The molecule has 0 radical (unpaired) electrons. The Hall–Kier alpha value is -3.18. The fraction of sp³-hybridized carbons (Fsp3) is 0.111. The van der Waals surface area contributed by atoms with Crippen LogP contribution < -0.4 is 21.3 Å². The lowest BCUT2D eigenvalue weighted by molar-refractivity contribution is -0.123. The summed E-state index contributed by atoms with van der Waals surface area (Å²) in [4.78, 5) is 12.1. The maximum Gasteiger partial charge on any atom is 0.262 e. The van der Waals surface area contributed by atoms with Gasteiger partial charge in [-0.1, -0.05) is 46.3 Å². The van der Waals surface area contributed by atoms with Crippen molar-refractivity contribution >= 4 is 46.2 Å². The van der Waals surface area contributed by atoms with E-state index in [1.165, 1.54) is 6.21 Å². The van der Waals surface area contributed by atoms with Crippen molar-refractivity contribution in [1.82, 2.24) is 20.2 Å². The normalized spacial score (nSPS) is 10.8. The molecule has 0 saturated carbocycles. The molecule has 150 valence electrons. The number of hydrogen-bond acceptors (Lipinski definition) is 7. The lowest BCUT2D eigenvalue weighted by Crippen LogP contribution is -2.28. The maximum absolute atomic E-state index is 12.1. The van der Waals surface area contributed by atoms with Gasteiger partial charge in [0, 0.05) is 16.6 Å². The summed E-state index contributed by atoms with van der Waals surface area (Å²) in [5.41, 5.74) is 4.35. The lowest BCUT2D eigenvalue weighted by atomic mass is 10.2. The van der Waals surface area contributed by atoms with Crippen LogP contribution in [0.15, 0.2) is 58.1 Å². The molecule has 5 N–H and O–H groups in total. The minimum Gasteiger partial charge on any atom is -0.483 e. The number of hydrazone groups is 1. The van der Waals surface area contributed by atoms with E-state index in [-0.39, 0.29) is 23.2 Å². The minimum atomic E-state index is -0.226. The fourth-order valence-electron chi connectivity index (χ4n) is 2.29. The molecule has 2 aromatic carbocycles. The molecular formula is C18H18BrN7O2S. The van der Waals surface area contributed by atoms with Crippen molar-refractivity contribution in [2.75, 3.05) is 17.9 Å². The largest absolute Gasteiger partial charge is 0.483 e. The van der Waals surface area contributed by atoms with Crippen LogP contribution in [0.5, 0.6) is 5.75 Å². The summed E-state index contributed by atoms with van der Waals surface area (Å²) < 4.78 is 7.90. The summed E-state index contributed by atoms with van der Waals surface area (Å²) in [7, 11) is 0. The van der Waals surface area contributed by atoms with Crippen LogP contribution in [0, 0.1) is 4.77 Å². The molecule has 3 rings (SSSR count). The van der Waals surface area contributed by atoms with E-state index in [0.29, 0.717) is 17.9 Å². The number of ether oxygens (including phenoxy) is 1. The van der Waals surface area contributed by atoms with E-state index in [4.69, 9.17) is 22.8 Å². The number of carbonyl (C=O) groups is 1. The molecule has 0 atom stereocenters. The van der Waals surface area contributed by atoms with E-state index in [1.54, 1.807) is 6.07 Å². The zero-order chi connectivity index (χ0) is 20.6. The highest BCUT2D eigenvalue weighted by atomic mass is 79.9. The first kappa shape index (κ1) is 20.6. The molecule has 0 aliphatic heterocycles. The van der Waals surface area contributed by atoms with Crippen LogP contribution in [0.2, 0.25) is 0 Å². The number of rotatable bonds is 8. The third-order valence-electron chi connectivity index (χ3n) is 3.74. The van der Waals surface area contributed by atoms with Gasteiger partial charge >= 0.3 is 0 Å². The monoisotopic (exact) mass is 475 g/mol. The van der Waals surface area contributed by atoms with Gasteiger partial charge in [0.05, 0.1) is 6.21 Å². The number of aromatic amines is 1. The zero-order valence-corrected chi connectivity index (χ0v) is 17.5. The predicted octanol–water partition coefficient (Wildman–Crippen LogP) is 2.56. The highest BCUT2D eigenvalue weighted by Crippen LogP contribution is 2.22. The van der Waals surface area contributed by atoms with Crippen molar-refractivity contribution in [3.63, 3.8) is 0 Å². The Morgan fingerprint density at radius 1 is 1.34 bits per heavy atom. The Bertz CT molecular complexity index is 1070. The molecule has 1 aromatic heterocycles. The summed E-state index contributed by atoms with van der Waals surface area (Å²) >= 11 is 8.34. The Morgan fingerprint density at radius 3 is 2.86 bits per heavy atom. The topological polar surface area (TPSA) is 122 Å². The highest BCUT2D eigenvalue weighted by Gasteiger charge is 2.07. The second-order valence-corrected chi connectivity index (χ2v) is 7.13. The second-order valence-electron chi connectivity index (χ2n) is 5.83. The Kier molecular flexibility index (Phi) is 6.98. The standard InChI is InChI=1S/C18H18BrN7O2S/c19-14-6-7-15(28-11-16(27)21-9-12-4-2-1-3-5-12)13(8-14)10-22-23-17-24-25-18(29)26(17)20/h1-8,10H,9,11,20H2,(H,21,27)(H,23,24)(H,25,29)/b22-10+. The van der Waals surface area contributed by atoms with Crippen molar-refractivity contribution in [2.24, 2.45) is 5.10 Å².